The van der Waals surface area contributed by atoms with Crippen LogP contribution < -0.4 is 10.6 Å². The molecule has 4 rings (SSSR count). The lowest BCUT2D eigenvalue weighted by Crippen LogP contribution is -2.45. The van der Waals surface area contributed by atoms with Gasteiger partial charge in [0.1, 0.15) is 12.1 Å². The van der Waals surface area contributed by atoms with Crippen molar-refractivity contribution in [2.45, 2.75) is 45.1 Å². The van der Waals surface area contributed by atoms with Gasteiger partial charge in [-0.05, 0) is 60.4 Å². The topological polar surface area (TPSA) is 78.5 Å². The number of urea groups is 1. The summed E-state index contributed by atoms with van der Waals surface area (Å²) in [5.41, 5.74) is 2.87. The largest absolute Gasteiger partial charge is 0.325 e. The first-order valence-corrected chi connectivity index (χ1v) is 10.5. The maximum Gasteiger partial charge on any atom is 0.325 e. The molecule has 4 amide bonds. The van der Waals surface area contributed by atoms with Crippen molar-refractivity contribution < 1.29 is 14.4 Å². The zero-order chi connectivity index (χ0) is 21.3. The number of hydrogen-bond donors (Lipinski definition) is 2. The van der Waals surface area contributed by atoms with Crippen molar-refractivity contribution in [2.75, 3.05) is 11.9 Å². The molecular formula is C24H27N3O3. The first kappa shape index (κ1) is 20.1. The van der Waals surface area contributed by atoms with Gasteiger partial charge in [-0.1, -0.05) is 50.2 Å². The minimum absolute atomic E-state index is 0.176. The van der Waals surface area contributed by atoms with Crippen molar-refractivity contribution in [3.63, 3.8) is 0 Å². The number of hydrogen-bond acceptors (Lipinski definition) is 3. The minimum atomic E-state index is -1.14. The van der Waals surface area contributed by atoms with E-state index in [0.29, 0.717) is 12.1 Å². The zero-order valence-corrected chi connectivity index (χ0v) is 17.4. The summed E-state index contributed by atoms with van der Waals surface area (Å²) in [6, 6.07) is 14.6. The van der Waals surface area contributed by atoms with E-state index in [2.05, 4.69) is 10.6 Å². The van der Waals surface area contributed by atoms with Gasteiger partial charge < -0.3 is 10.6 Å². The van der Waals surface area contributed by atoms with Crippen LogP contribution in [0.15, 0.2) is 48.5 Å². The van der Waals surface area contributed by atoms with Gasteiger partial charge in [-0.2, -0.15) is 0 Å². The molecule has 1 heterocycles. The van der Waals surface area contributed by atoms with Gasteiger partial charge in [-0.25, -0.2) is 4.79 Å². The van der Waals surface area contributed by atoms with Gasteiger partial charge >= 0.3 is 6.03 Å². The third-order valence-corrected chi connectivity index (χ3v) is 5.84. The van der Waals surface area contributed by atoms with Gasteiger partial charge in [0.2, 0.25) is 5.91 Å². The van der Waals surface area contributed by atoms with Crippen LogP contribution in [0.3, 0.4) is 0 Å². The number of imide groups is 1. The van der Waals surface area contributed by atoms with Crippen LogP contribution in [-0.2, 0) is 28.0 Å². The SMILES string of the molecule is CC(C)CC1(c2ccccc2)NC(=O)N(CC(=O)Nc2ccc3c(c2)CCC3)C1=O. The van der Waals surface area contributed by atoms with Gasteiger partial charge in [-0.15, -0.1) is 0 Å². The highest BCUT2D eigenvalue weighted by molar-refractivity contribution is 6.10. The number of aryl methyl sites for hydroxylation is 2. The highest BCUT2D eigenvalue weighted by Gasteiger charge is 2.52. The molecule has 2 aliphatic rings. The molecule has 156 valence electrons. The van der Waals surface area contributed by atoms with E-state index in [1.54, 1.807) is 0 Å². The summed E-state index contributed by atoms with van der Waals surface area (Å²) in [7, 11) is 0. The summed E-state index contributed by atoms with van der Waals surface area (Å²) in [5.74, 6) is -0.587. The van der Waals surface area contributed by atoms with E-state index in [1.165, 1.54) is 11.1 Å². The lowest BCUT2D eigenvalue weighted by atomic mass is 9.82. The molecule has 0 saturated carbocycles. The molecule has 30 heavy (non-hydrogen) atoms. The monoisotopic (exact) mass is 405 g/mol. The van der Waals surface area contributed by atoms with Crippen molar-refractivity contribution in [1.82, 2.24) is 10.2 Å². The number of fused-ring (bicyclic) bond motifs is 1. The number of nitrogens with one attached hydrogen (secondary N) is 2. The number of nitrogens with zero attached hydrogens (tertiary/aromatic N) is 1. The van der Waals surface area contributed by atoms with E-state index in [4.69, 9.17) is 0 Å². The smallest absolute Gasteiger partial charge is 0.325 e. The first-order chi connectivity index (χ1) is 14.4. The number of anilines is 1. The van der Waals surface area contributed by atoms with Crippen LogP contribution in [0.5, 0.6) is 0 Å². The molecular weight excluding hydrogens is 378 g/mol. The summed E-state index contributed by atoms with van der Waals surface area (Å²) < 4.78 is 0. The Hall–Kier alpha value is -3.15. The predicted octanol–water partition coefficient (Wildman–Crippen LogP) is 3.61. The summed E-state index contributed by atoms with van der Waals surface area (Å²) >= 11 is 0. The molecule has 6 nitrogen and oxygen atoms in total. The molecule has 1 fully saturated rings. The van der Waals surface area contributed by atoms with Gasteiger partial charge in [-0.3, -0.25) is 14.5 Å². The van der Waals surface area contributed by atoms with Crippen molar-refractivity contribution in [1.29, 1.82) is 0 Å². The Morgan fingerprint density at radius 1 is 1.10 bits per heavy atom. The molecule has 1 saturated heterocycles. The molecule has 2 aromatic carbocycles. The second-order valence-electron chi connectivity index (χ2n) is 8.58. The Kier molecular flexibility index (Phi) is 5.33. The second-order valence-corrected chi connectivity index (χ2v) is 8.58. The fourth-order valence-corrected chi connectivity index (χ4v) is 4.55. The number of rotatable bonds is 6. The molecule has 1 aliphatic heterocycles. The zero-order valence-electron chi connectivity index (χ0n) is 17.4. The Labute approximate surface area is 176 Å². The molecule has 6 heteroatoms. The molecule has 1 aliphatic carbocycles. The normalized spacial score (nSPS) is 20.4. The van der Waals surface area contributed by atoms with E-state index in [1.807, 2.05) is 62.4 Å². The van der Waals surface area contributed by atoms with Crippen LogP contribution in [0.2, 0.25) is 0 Å². The number of amides is 4. The van der Waals surface area contributed by atoms with Crippen LogP contribution in [0, 0.1) is 5.92 Å². The maximum absolute atomic E-state index is 13.4. The fourth-order valence-electron chi connectivity index (χ4n) is 4.55. The van der Waals surface area contributed by atoms with Crippen molar-refractivity contribution >= 4 is 23.5 Å². The van der Waals surface area contributed by atoms with Gasteiger partial charge in [0.05, 0.1) is 0 Å². The quantitative estimate of drug-likeness (QED) is 0.721. The number of benzene rings is 2. The molecule has 2 aromatic rings. The highest BCUT2D eigenvalue weighted by Crippen LogP contribution is 2.35. The van der Waals surface area contributed by atoms with Crippen LogP contribution in [-0.4, -0.2) is 29.3 Å². The van der Waals surface area contributed by atoms with Crippen molar-refractivity contribution in [2.24, 2.45) is 5.92 Å². The third kappa shape index (κ3) is 3.70. The third-order valence-electron chi connectivity index (χ3n) is 5.84. The van der Waals surface area contributed by atoms with E-state index in [-0.39, 0.29) is 24.3 Å². The Morgan fingerprint density at radius 3 is 2.57 bits per heavy atom. The Balaban J connectivity index is 1.52. The molecule has 0 bridgehead atoms. The molecule has 2 N–H and O–H groups in total. The summed E-state index contributed by atoms with van der Waals surface area (Å²) in [6.07, 6.45) is 3.68. The lowest BCUT2D eigenvalue weighted by Gasteiger charge is -2.29. The fraction of sp³-hybridized carbons (Fsp3) is 0.375. The van der Waals surface area contributed by atoms with Crippen molar-refractivity contribution in [3.05, 3.63) is 65.2 Å². The number of carbonyl (C=O) groups excluding carboxylic acids is 3. The predicted molar refractivity (Wildman–Crippen MR) is 115 cm³/mol. The molecule has 0 radical (unpaired) electrons. The average Bonchev–Trinajstić information content (AvgIpc) is 3.27. The van der Waals surface area contributed by atoms with Crippen LogP contribution in [0.4, 0.5) is 10.5 Å². The molecule has 0 spiro atoms. The van der Waals surface area contributed by atoms with Crippen molar-refractivity contribution in [3.8, 4) is 0 Å². The number of carbonyl (C=O) groups is 3. The van der Waals surface area contributed by atoms with Gasteiger partial charge in [0.25, 0.3) is 5.91 Å². The molecule has 1 unspecified atom stereocenters. The van der Waals surface area contributed by atoms with E-state index in [0.717, 1.165) is 29.7 Å². The van der Waals surface area contributed by atoms with Crippen LogP contribution >= 0.6 is 0 Å². The minimum Gasteiger partial charge on any atom is -0.325 e. The van der Waals surface area contributed by atoms with E-state index >= 15 is 0 Å². The summed E-state index contributed by atoms with van der Waals surface area (Å²) in [6.45, 7) is 3.70. The van der Waals surface area contributed by atoms with Gasteiger partial charge in [0, 0.05) is 5.69 Å². The Morgan fingerprint density at radius 2 is 1.83 bits per heavy atom. The van der Waals surface area contributed by atoms with E-state index < -0.39 is 11.6 Å². The summed E-state index contributed by atoms with van der Waals surface area (Å²) in [4.78, 5) is 39.8. The lowest BCUT2D eigenvalue weighted by molar-refractivity contribution is -0.134. The Bertz CT molecular complexity index is 986. The first-order valence-electron chi connectivity index (χ1n) is 10.5. The maximum atomic E-state index is 13.4. The average molecular weight is 405 g/mol. The van der Waals surface area contributed by atoms with Crippen LogP contribution in [0.25, 0.3) is 0 Å². The standard InChI is InChI=1S/C24H27N3O3/c1-16(2)14-24(19-9-4-3-5-10-19)22(29)27(23(30)26-24)15-21(28)25-20-12-11-17-7-6-8-18(17)13-20/h3-5,9-13,16H,6-8,14-15H2,1-2H3,(H,25,28)(H,26,30). The van der Waals surface area contributed by atoms with Gasteiger partial charge in [0.15, 0.2) is 0 Å². The highest BCUT2D eigenvalue weighted by atomic mass is 16.2. The van der Waals surface area contributed by atoms with E-state index in [9.17, 15) is 14.4 Å². The second kappa shape index (κ2) is 7.94. The molecule has 0 aromatic heterocycles. The molecule has 1 atom stereocenters. The van der Waals surface area contributed by atoms with Crippen LogP contribution in [0.1, 0.15) is 43.4 Å². The summed E-state index contributed by atoms with van der Waals surface area (Å²) in [5, 5.41) is 5.71.